The first-order chi connectivity index (χ1) is 10.4. The first-order valence-electron chi connectivity index (χ1n) is 6.67. The van der Waals surface area contributed by atoms with Crippen molar-refractivity contribution in [1.29, 1.82) is 0 Å². The second kappa shape index (κ2) is 5.80. The molecule has 0 spiro atoms. The number of halogens is 1. The first kappa shape index (κ1) is 15.2. The maximum absolute atomic E-state index is 12.7. The van der Waals surface area contributed by atoms with Gasteiger partial charge in [0.2, 0.25) is 4.90 Å². The van der Waals surface area contributed by atoms with Gasteiger partial charge in [0, 0.05) is 27.7 Å². The van der Waals surface area contributed by atoms with Crippen molar-refractivity contribution in [2.45, 2.75) is 23.6 Å². The van der Waals surface area contributed by atoms with Crippen LogP contribution in [0.15, 0.2) is 61.5 Å². The van der Waals surface area contributed by atoms with Crippen LogP contribution in [0.1, 0.15) is 11.1 Å². The van der Waals surface area contributed by atoms with Crippen molar-refractivity contribution >= 4 is 33.7 Å². The predicted octanol–water partition coefficient (Wildman–Crippen LogP) is 4.23. The van der Waals surface area contributed by atoms with Crippen LogP contribution in [0.2, 0.25) is 5.02 Å². The van der Waals surface area contributed by atoms with Crippen LogP contribution in [0.5, 0.6) is 0 Å². The Morgan fingerprint density at radius 3 is 2.41 bits per heavy atom. The Morgan fingerprint density at radius 2 is 1.73 bits per heavy atom. The summed E-state index contributed by atoms with van der Waals surface area (Å²) >= 11 is 4.36. The summed E-state index contributed by atoms with van der Waals surface area (Å²) in [5, 5.41) is 1.18. The molecule has 0 fully saturated rings. The fourth-order valence-corrected chi connectivity index (χ4v) is 3.82. The average Bonchev–Trinajstić information content (AvgIpc) is 2.45. The zero-order valence-electron chi connectivity index (χ0n) is 12.1. The summed E-state index contributed by atoms with van der Waals surface area (Å²) in [7, 11) is 0. The van der Waals surface area contributed by atoms with Crippen LogP contribution in [0, 0.1) is 13.8 Å². The van der Waals surface area contributed by atoms with E-state index in [0.717, 1.165) is 11.1 Å². The van der Waals surface area contributed by atoms with Gasteiger partial charge in [-0.15, -0.1) is 0 Å². The molecule has 1 heterocycles. The van der Waals surface area contributed by atoms with Crippen LogP contribution in [0.3, 0.4) is 0 Å². The highest BCUT2D eigenvalue weighted by Crippen LogP contribution is 2.25. The summed E-state index contributed by atoms with van der Waals surface area (Å²) in [6.45, 7) is 3.85. The number of benzene rings is 2. The third-order valence-corrected chi connectivity index (χ3v) is 4.85. The van der Waals surface area contributed by atoms with E-state index in [4.69, 9.17) is 16.0 Å². The molecular formula is C17H13ClO3S. The molecule has 0 saturated heterocycles. The maximum atomic E-state index is 12.7. The van der Waals surface area contributed by atoms with Crippen LogP contribution in [0.25, 0.3) is 11.0 Å². The molecule has 112 valence electrons. The molecule has 3 aromatic rings. The highest BCUT2D eigenvalue weighted by molar-refractivity contribution is 7.91. The Bertz CT molecular complexity index is 897. The van der Waals surface area contributed by atoms with Gasteiger partial charge in [0.1, 0.15) is 5.58 Å². The zero-order chi connectivity index (χ0) is 15.9. The normalized spacial score (nSPS) is 12.5. The van der Waals surface area contributed by atoms with Crippen molar-refractivity contribution < 1.29 is 8.97 Å². The van der Waals surface area contributed by atoms with Gasteiger partial charge in [-0.25, -0.2) is 4.79 Å². The third kappa shape index (κ3) is 2.90. The molecule has 0 N–H and O–H groups in total. The van der Waals surface area contributed by atoms with Crippen molar-refractivity contribution in [1.82, 2.24) is 0 Å². The van der Waals surface area contributed by atoms with Gasteiger partial charge in [0.25, 0.3) is 0 Å². The summed E-state index contributed by atoms with van der Waals surface area (Å²) in [5.41, 5.74) is 1.83. The molecular weight excluding hydrogens is 320 g/mol. The SMILES string of the molecule is Cc1cc(C)cc([S+]([O-])c2cc3cc(Cl)ccc3oc2=O)c1. The van der Waals surface area contributed by atoms with Gasteiger partial charge in [0.15, 0.2) is 4.90 Å². The van der Waals surface area contributed by atoms with E-state index in [-0.39, 0.29) is 4.90 Å². The van der Waals surface area contributed by atoms with Gasteiger partial charge in [-0.2, -0.15) is 0 Å². The zero-order valence-corrected chi connectivity index (χ0v) is 13.6. The quantitative estimate of drug-likeness (QED) is 0.521. The molecule has 5 heteroatoms. The van der Waals surface area contributed by atoms with Crippen molar-refractivity contribution in [2.24, 2.45) is 0 Å². The molecule has 3 rings (SSSR count). The van der Waals surface area contributed by atoms with Crippen LogP contribution in [0.4, 0.5) is 0 Å². The molecule has 0 aliphatic carbocycles. The molecule has 22 heavy (non-hydrogen) atoms. The molecule has 0 aliphatic heterocycles. The monoisotopic (exact) mass is 332 g/mol. The first-order valence-corrected chi connectivity index (χ1v) is 8.20. The Balaban J connectivity index is 2.15. The highest BCUT2D eigenvalue weighted by atomic mass is 35.5. The van der Waals surface area contributed by atoms with E-state index in [1.807, 2.05) is 32.0 Å². The van der Waals surface area contributed by atoms with Gasteiger partial charge in [-0.1, -0.05) is 17.7 Å². The van der Waals surface area contributed by atoms with Crippen molar-refractivity contribution in [3.8, 4) is 0 Å². The van der Waals surface area contributed by atoms with Crippen molar-refractivity contribution in [2.75, 3.05) is 0 Å². The van der Waals surface area contributed by atoms with Crippen LogP contribution in [-0.2, 0) is 11.2 Å². The number of hydrogen-bond acceptors (Lipinski definition) is 3. The van der Waals surface area contributed by atoms with Gasteiger partial charge in [-0.05, 0) is 55.3 Å². The lowest BCUT2D eigenvalue weighted by Gasteiger charge is -2.10. The minimum Gasteiger partial charge on any atom is -0.606 e. The lowest BCUT2D eigenvalue weighted by Crippen LogP contribution is -2.14. The molecule has 0 radical (unpaired) electrons. The van der Waals surface area contributed by atoms with Gasteiger partial charge in [0.05, 0.1) is 0 Å². The molecule has 0 bridgehead atoms. The van der Waals surface area contributed by atoms with E-state index in [0.29, 0.717) is 20.9 Å². The molecule has 0 saturated carbocycles. The van der Waals surface area contributed by atoms with Gasteiger partial charge >= 0.3 is 5.63 Å². The molecule has 1 atom stereocenters. The lowest BCUT2D eigenvalue weighted by atomic mass is 10.2. The molecule has 2 aromatic carbocycles. The summed E-state index contributed by atoms with van der Waals surface area (Å²) in [5.74, 6) is 0. The summed E-state index contributed by atoms with van der Waals surface area (Å²) in [6.07, 6.45) is 0. The Hall–Kier alpha value is -1.75. The largest absolute Gasteiger partial charge is 0.606 e. The predicted molar refractivity (Wildman–Crippen MR) is 88.1 cm³/mol. The summed E-state index contributed by atoms with van der Waals surface area (Å²) in [4.78, 5) is 12.8. The smallest absolute Gasteiger partial charge is 0.392 e. The van der Waals surface area contributed by atoms with E-state index in [1.54, 1.807) is 24.3 Å². The summed E-state index contributed by atoms with van der Waals surface area (Å²) in [6, 6.07) is 12.2. The van der Waals surface area contributed by atoms with Crippen LogP contribution >= 0.6 is 11.6 Å². The van der Waals surface area contributed by atoms with E-state index in [1.165, 1.54) is 0 Å². The molecule has 3 nitrogen and oxygen atoms in total. The molecule has 1 unspecified atom stereocenters. The molecule has 1 aromatic heterocycles. The Labute approximate surface area is 135 Å². The minimum absolute atomic E-state index is 0.125. The van der Waals surface area contributed by atoms with Gasteiger partial charge in [-0.3, -0.25) is 0 Å². The number of aryl methyl sites for hydroxylation is 2. The highest BCUT2D eigenvalue weighted by Gasteiger charge is 2.22. The van der Waals surface area contributed by atoms with E-state index in [9.17, 15) is 9.35 Å². The number of rotatable bonds is 2. The fourth-order valence-electron chi connectivity index (χ4n) is 2.37. The summed E-state index contributed by atoms with van der Waals surface area (Å²) < 4.78 is 18.0. The minimum atomic E-state index is -1.59. The number of fused-ring (bicyclic) bond motifs is 1. The van der Waals surface area contributed by atoms with Gasteiger partial charge < -0.3 is 8.97 Å². The average molecular weight is 333 g/mol. The Morgan fingerprint density at radius 1 is 1.05 bits per heavy atom. The second-order valence-electron chi connectivity index (χ2n) is 5.17. The Kier molecular flexibility index (Phi) is 4.00. The molecule has 0 aliphatic rings. The van der Waals surface area contributed by atoms with E-state index in [2.05, 4.69) is 0 Å². The van der Waals surface area contributed by atoms with Crippen molar-refractivity contribution in [3.63, 3.8) is 0 Å². The lowest BCUT2D eigenvalue weighted by molar-refractivity contribution is 0.532. The van der Waals surface area contributed by atoms with E-state index < -0.39 is 16.8 Å². The maximum Gasteiger partial charge on any atom is 0.392 e. The van der Waals surface area contributed by atoms with Crippen LogP contribution in [-0.4, -0.2) is 4.55 Å². The standard InChI is InChI=1S/C17H13ClO3S/c1-10-5-11(2)7-14(6-10)22(20)16-9-12-8-13(18)3-4-15(12)21-17(16)19/h3-9H,1-2H3. The molecule has 0 amide bonds. The van der Waals surface area contributed by atoms with E-state index >= 15 is 0 Å². The fraction of sp³-hybridized carbons (Fsp3) is 0.118. The topological polar surface area (TPSA) is 53.3 Å². The second-order valence-corrected chi connectivity index (χ2v) is 7.06. The van der Waals surface area contributed by atoms with Crippen molar-refractivity contribution in [3.05, 3.63) is 69.0 Å². The number of hydrogen-bond donors (Lipinski definition) is 0. The third-order valence-electron chi connectivity index (χ3n) is 3.27. The van der Waals surface area contributed by atoms with Crippen LogP contribution < -0.4 is 5.63 Å².